The standard InChI is InChI=1S/C27H27F3O4S/c1-16(2)25-22(12-11-20(31)14-21(32)15-23(33)34)24(26(35-25)17-7-4-3-5-8-17)18-9-6-10-19(13-18)27(28,29)30/h3-13,16,20-21,31-32H,14-15H2,1-2H3,(H,33,34)/p-1/b12-11+/t20-,21-/m1/s1. The number of hydrogen-bond donors (Lipinski definition) is 2. The Morgan fingerprint density at radius 2 is 1.71 bits per heavy atom. The smallest absolute Gasteiger partial charge is 0.416 e. The first-order valence-electron chi connectivity index (χ1n) is 11.1. The van der Waals surface area contributed by atoms with Gasteiger partial charge in [0.25, 0.3) is 0 Å². The highest BCUT2D eigenvalue weighted by atomic mass is 32.1. The lowest BCUT2D eigenvalue weighted by Crippen LogP contribution is -2.29. The first-order valence-corrected chi connectivity index (χ1v) is 11.9. The van der Waals surface area contributed by atoms with E-state index in [4.69, 9.17) is 0 Å². The van der Waals surface area contributed by atoms with Crippen LogP contribution >= 0.6 is 11.3 Å². The molecule has 0 radical (unpaired) electrons. The average molecular weight is 504 g/mol. The minimum Gasteiger partial charge on any atom is -0.550 e. The monoisotopic (exact) mass is 503 g/mol. The van der Waals surface area contributed by atoms with Crippen molar-refractivity contribution in [3.05, 3.63) is 76.7 Å². The van der Waals surface area contributed by atoms with Crippen molar-refractivity contribution in [1.29, 1.82) is 0 Å². The average Bonchev–Trinajstić information content (AvgIpc) is 3.17. The number of carbonyl (C=O) groups excluding carboxylic acids is 1. The summed E-state index contributed by atoms with van der Waals surface area (Å²) >= 11 is 1.48. The van der Waals surface area contributed by atoms with Crippen LogP contribution in [0, 0.1) is 0 Å². The van der Waals surface area contributed by atoms with Crippen LogP contribution in [0.1, 0.15) is 48.6 Å². The molecule has 186 valence electrons. The van der Waals surface area contributed by atoms with E-state index in [0.717, 1.165) is 27.5 Å². The summed E-state index contributed by atoms with van der Waals surface area (Å²) in [5, 5.41) is 30.8. The molecule has 0 bridgehead atoms. The third kappa shape index (κ3) is 6.81. The summed E-state index contributed by atoms with van der Waals surface area (Å²) in [7, 11) is 0. The number of halogens is 3. The zero-order valence-electron chi connectivity index (χ0n) is 19.3. The summed E-state index contributed by atoms with van der Waals surface area (Å²) in [6.45, 7) is 3.96. The zero-order valence-corrected chi connectivity index (χ0v) is 20.1. The molecule has 0 unspecified atom stereocenters. The second-order valence-corrected chi connectivity index (χ2v) is 9.63. The molecule has 1 aromatic heterocycles. The number of carboxylic acids is 1. The fraction of sp³-hybridized carbons (Fsp3) is 0.296. The molecule has 0 amide bonds. The minimum atomic E-state index is -4.50. The van der Waals surface area contributed by atoms with E-state index in [9.17, 15) is 33.3 Å². The van der Waals surface area contributed by atoms with Gasteiger partial charge in [0.1, 0.15) is 0 Å². The quantitative estimate of drug-likeness (QED) is 0.405. The highest BCUT2D eigenvalue weighted by molar-refractivity contribution is 7.16. The SMILES string of the molecule is CC(C)c1sc(-c2ccccc2)c(-c2cccc(C(F)(F)F)c2)c1/C=C/[C@@H](O)C[C@@H](O)CC(=O)[O-]. The van der Waals surface area contributed by atoms with Gasteiger partial charge in [-0.1, -0.05) is 68.5 Å². The van der Waals surface area contributed by atoms with Gasteiger partial charge in [-0.2, -0.15) is 13.2 Å². The van der Waals surface area contributed by atoms with Crippen LogP contribution in [0.25, 0.3) is 27.6 Å². The Labute approximate surface area is 206 Å². The Balaban J connectivity index is 2.15. The number of alkyl halides is 3. The summed E-state index contributed by atoms with van der Waals surface area (Å²) in [6, 6.07) is 14.5. The highest BCUT2D eigenvalue weighted by Crippen LogP contribution is 2.47. The van der Waals surface area contributed by atoms with Crippen molar-refractivity contribution in [3.8, 4) is 21.6 Å². The first kappa shape index (κ1) is 26.7. The third-order valence-corrected chi connectivity index (χ3v) is 6.97. The molecule has 3 rings (SSSR count). The van der Waals surface area contributed by atoms with Crippen LogP contribution in [-0.4, -0.2) is 28.4 Å². The molecule has 0 aliphatic heterocycles. The van der Waals surface area contributed by atoms with Crippen molar-refractivity contribution in [1.82, 2.24) is 0 Å². The van der Waals surface area contributed by atoms with E-state index in [1.807, 2.05) is 44.2 Å². The van der Waals surface area contributed by atoms with Gasteiger partial charge >= 0.3 is 6.18 Å². The maximum Gasteiger partial charge on any atom is 0.416 e. The fourth-order valence-corrected chi connectivity index (χ4v) is 5.15. The van der Waals surface area contributed by atoms with Crippen molar-refractivity contribution < 1.29 is 33.3 Å². The maximum absolute atomic E-state index is 13.5. The Morgan fingerprint density at radius 1 is 1.06 bits per heavy atom. The number of carboxylic acid groups (broad SMARTS) is 1. The minimum absolute atomic E-state index is 0.0440. The van der Waals surface area contributed by atoms with E-state index in [1.54, 1.807) is 12.1 Å². The summed E-state index contributed by atoms with van der Waals surface area (Å²) in [5.74, 6) is -1.38. The predicted octanol–water partition coefficient (Wildman–Crippen LogP) is 5.49. The van der Waals surface area contributed by atoms with Crippen LogP contribution in [0.15, 0.2) is 60.7 Å². The molecule has 0 saturated carbocycles. The van der Waals surface area contributed by atoms with Gasteiger partial charge < -0.3 is 20.1 Å². The molecule has 8 heteroatoms. The van der Waals surface area contributed by atoms with Gasteiger partial charge in [0, 0.05) is 34.1 Å². The van der Waals surface area contributed by atoms with E-state index in [0.29, 0.717) is 16.7 Å². The molecule has 35 heavy (non-hydrogen) atoms. The Kier molecular flexibility index (Phi) is 8.53. The van der Waals surface area contributed by atoms with Crippen molar-refractivity contribution in [2.24, 2.45) is 0 Å². The first-order chi connectivity index (χ1) is 16.5. The topological polar surface area (TPSA) is 80.6 Å². The largest absolute Gasteiger partial charge is 0.550 e. The van der Waals surface area contributed by atoms with Crippen LogP contribution in [0.5, 0.6) is 0 Å². The lowest BCUT2D eigenvalue weighted by Gasteiger charge is -2.14. The van der Waals surface area contributed by atoms with Gasteiger partial charge in [-0.25, -0.2) is 0 Å². The van der Waals surface area contributed by atoms with Crippen LogP contribution in [-0.2, 0) is 11.0 Å². The molecular weight excluding hydrogens is 477 g/mol. The van der Waals surface area contributed by atoms with E-state index in [-0.39, 0.29) is 12.3 Å². The number of hydrogen-bond acceptors (Lipinski definition) is 5. The Hall–Kier alpha value is -2.94. The van der Waals surface area contributed by atoms with Crippen molar-refractivity contribution in [2.45, 2.75) is 51.0 Å². The number of rotatable bonds is 9. The summed E-state index contributed by atoms with van der Waals surface area (Å²) in [5.41, 5.74) is 1.79. The van der Waals surface area contributed by atoms with Crippen molar-refractivity contribution >= 4 is 23.4 Å². The molecule has 0 saturated heterocycles. The number of carbonyl (C=O) groups is 1. The lowest BCUT2D eigenvalue weighted by molar-refractivity contribution is -0.307. The highest BCUT2D eigenvalue weighted by Gasteiger charge is 2.31. The van der Waals surface area contributed by atoms with Gasteiger partial charge in [-0.3, -0.25) is 0 Å². The summed E-state index contributed by atoms with van der Waals surface area (Å²) < 4.78 is 40.5. The molecule has 2 aromatic carbocycles. The van der Waals surface area contributed by atoms with Crippen LogP contribution < -0.4 is 5.11 Å². The molecular formula is C27H26F3O4S-. The third-order valence-electron chi connectivity index (χ3n) is 5.41. The van der Waals surface area contributed by atoms with Crippen LogP contribution in [0.2, 0.25) is 0 Å². The van der Waals surface area contributed by atoms with E-state index in [2.05, 4.69) is 0 Å². The summed E-state index contributed by atoms with van der Waals surface area (Å²) in [4.78, 5) is 12.4. The molecule has 1 heterocycles. The van der Waals surface area contributed by atoms with Gasteiger partial charge in [0.2, 0.25) is 0 Å². The molecule has 0 spiro atoms. The van der Waals surface area contributed by atoms with Crippen LogP contribution in [0.3, 0.4) is 0 Å². The number of aliphatic carboxylic acids is 1. The number of thiophene rings is 1. The molecule has 0 aliphatic carbocycles. The summed E-state index contributed by atoms with van der Waals surface area (Å²) in [6.07, 6.45) is -4.68. The van der Waals surface area contributed by atoms with Gasteiger partial charge in [0.15, 0.2) is 0 Å². The second kappa shape index (κ2) is 11.2. The van der Waals surface area contributed by atoms with Gasteiger partial charge in [-0.15, -0.1) is 11.3 Å². The van der Waals surface area contributed by atoms with Crippen molar-refractivity contribution in [3.63, 3.8) is 0 Å². The Bertz CT molecular complexity index is 1180. The fourth-order valence-electron chi connectivity index (χ4n) is 3.83. The van der Waals surface area contributed by atoms with Crippen molar-refractivity contribution in [2.75, 3.05) is 0 Å². The molecule has 2 N–H and O–H groups in total. The normalized spacial score (nSPS) is 13.9. The Morgan fingerprint density at radius 3 is 2.31 bits per heavy atom. The van der Waals surface area contributed by atoms with Gasteiger partial charge in [0.05, 0.1) is 17.8 Å². The predicted molar refractivity (Wildman–Crippen MR) is 130 cm³/mol. The van der Waals surface area contributed by atoms with Crippen LogP contribution in [0.4, 0.5) is 13.2 Å². The van der Waals surface area contributed by atoms with E-state index >= 15 is 0 Å². The molecule has 2 atom stereocenters. The molecule has 0 aliphatic rings. The number of aliphatic hydroxyl groups excluding tert-OH is 2. The maximum atomic E-state index is 13.5. The number of benzene rings is 2. The molecule has 3 aromatic rings. The second-order valence-electron chi connectivity index (χ2n) is 8.58. The zero-order chi connectivity index (χ0) is 25.8. The number of aliphatic hydroxyl groups is 2. The molecule has 0 fully saturated rings. The van der Waals surface area contributed by atoms with E-state index in [1.165, 1.54) is 23.5 Å². The molecule has 4 nitrogen and oxygen atoms in total. The van der Waals surface area contributed by atoms with E-state index < -0.39 is 36.3 Å². The van der Waals surface area contributed by atoms with Gasteiger partial charge in [-0.05, 0) is 34.7 Å². The lowest BCUT2D eigenvalue weighted by atomic mass is 9.93.